The molecule has 0 bridgehead atoms. The second kappa shape index (κ2) is 6.31. The van der Waals surface area contributed by atoms with Gasteiger partial charge in [-0.25, -0.2) is 0 Å². The number of carbonyl (C=O) groups excluding carboxylic acids is 1. The number of benzene rings is 1. The molecule has 3 heteroatoms. The fourth-order valence-electron chi connectivity index (χ4n) is 2.37. The summed E-state index contributed by atoms with van der Waals surface area (Å²) in [5.74, 6) is 0.687. The molecule has 0 saturated carbocycles. The van der Waals surface area contributed by atoms with Gasteiger partial charge in [-0.05, 0) is 24.9 Å². The molecule has 19 heavy (non-hydrogen) atoms. The molecule has 1 saturated heterocycles. The van der Waals surface area contributed by atoms with Crippen molar-refractivity contribution < 1.29 is 9.53 Å². The Labute approximate surface area is 115 Å². The zero-order chi connectivity index (χ0) is 13.8. The normalized spacial score (nSPS) is 19.3. The van der Waals surface area contributed by atoms with Crippen molar-refractivity contribution in [3.05, 3.63) is 35.4 Å². The van der Waals surface area contributed by atoms with Crippen LogP contribution in [0, 0.1) is 0 Å². The Bertz CT molecular complexity index is 419. The van der Waals surface area contributed by atoms with Crippen LogP contribution in [0.5, 0.6) is 0 Å². The molecule has 1 fully saturated rings. The van der Waals surface area contributed by atoms with Gasteiger partial charge in [0.05, 0.1) is 13.2 Å². The second-order valence-corrected chi connectivity index (χ2v) is 5.63. The summed E-state index contributed by atoms with van der Waals surface area (Å²) in [6.07, 6.45) is 1.02. The van der Waals surface area contributed by atoms with Crippen molar-refractivity contribution in [1.29, 1.82) is 0 Å². The van der Waals surface area contributed by atoms with E-state index in [1.165, 1.54) is 5.56 Å². The van der Waals surface area contributed by atoms with Gasteiger partial charge in [0.1, 0.15) is 0 Å². The van der Waals surface area contributed by atoms with Crippen LogP contribution in [0.4, 0.5) is 0 Å². The van der Waals surface area contributed by atoms with Crippen molar-refractivity contribution in [1.82, 2.24) is 4.90 Å². The number of ketones is 1. The molecule has 0 amide bonds. The minimum Gasteiger partial charge on any atom is -0.380 e. The maximum atomic E-state index is 12.2. The quantitative estimate of drug-likeness (QED) is 0.763. The average molecular weight is 261 g/mol. The van der Waals surface area contributed by atoms with Gasteiger partial charge in [0.25, 0.3) is 0 Å². The third-order valence-electron chi connectivity index (χ3n) is 3.82. The van der Waals surface area contributed by atoms with Crippen LogP contribution in [0.15, 0.2) is 24.3 Å². The number of hydrogen-bond acceptors (Lipinski definition) is 3. The molecule has 1 unspecified atom stereocenters. The molecule has 1 aromatic rings. The van der Waals surface area contributed by atoms with Gasteiger partial charge < -0.3 is 4.74 Å². The summed E-state index contributed by atoms with van der Waals surface area (Å²) in [5, 5.41) is 0. The SMILES string of the molecule is CC(C)c1ccc(C(=O)CN(C)C2CCOC2)cc1. The molecule has 104 valence electrons. The van der Waals surface area contributed by atoms with Crippen molar-refractivity contribution >= 4 is 5.78 Å². The summed E-state index contributed by atoms with van der Waals surface area (Å²) < 4.78 is 5.35. The fraction of sp³-hybridized carbons (Fsp3) is 0.562. The summed E-state index contributed by atoms with van der Waals surface area (Å²) in [6, 6.07) is 8.37. The minimum atomic E-state index is 0.185. The van der Waals surface area contributed by atoms with Crippen LogP contribution in [0.1, 0.15) is 42.1 Å². The first-order valence-corrected chi connectivity index (χ1v) is 6.99. The number of Topliss-reactive ketones (excluding diaryl/α,β-unsaturated/α-hetero) is 1. The topological polar surface area (TPSA) is 29.5 Å². The highest BCUT2D eigenvalue weighted by Crippen LogP contribution is 2.16. The number of hydrogen-bond donors (Lipinski definition) is 0. The van der Waals surface area contributed by atoms with Gasteiger partial charge in [-0.2, -0.15) is 0 Å². The van der Waals surface area contributed by atoms with E-state index in [9.17, 15) is 4.79 Å². The highest BCUT2D eigenvalue weighted by Gasteiger charge is 2.22. The third-order valence-corrected chi connectivity index (χ3v) is 3.82. The van der Waals surface area contributed by atoms with E-state index in [1.807, 2.05) is 19.2 Å². The van der Waals surface area contributed by atoms with Gasteiger partial charge in [-0.15, -0.1) is 0 Å². The fourth-order valence-corrected chi connectivity index (χ4v) is 2.37. The molecule has 0 N–H and O–H groups in total. The van der Waals surface area contributed by atoms with Gasteiger partial charge in [-0.1, -0.05) is 38.1 Å². The van der Waals surface area contributed by atoms with Gasteiger partial charge in [0, 0.05) is 18.2 Å². The van der Waals surface area contributed by atoms with E-state index >= 15 is 0 Å². The Morgan fingerprint density at radius 3 is 2.58 bits per heavy atom. The predicted molar refractivity (Wildman–Crippen MR) is 76.7 cm³/mol. The highest BCUT2D eigenvalue weighted by molar-refractivity contribution is 5.97. The molecule has 0 aromatic heterocycles. The van der Waals surface area contributed by atoms with Gasteiger partial charge in [-0.3, -0.25) is 9.69 Å². The van der Waals surface area contributed by atoms with E-state index in [2.05, 4.69) is 30.9 Å². The number of ether oxygens (including phenoxy) is 1. The van der Waals surface area contributed by atoms with Gasteiger partial charge in [0.2, 0.25) is 0 Å². The van der Waals surface area contributed by atoms with E-state index in [0.29, 0.717) is 18.5 Å². The van der Waals surface area contributed by atoms with Crippen LogP contribution in [0.2, 0.25) is 0 Å². The van der Waals surface area contributed by atoms with Crippen molar-refractivity contribution in [2.24, 2.45) is 0 Å². The van der Waals surface area contributed by atoms with Crippen LogP contribution in [0.25, 0.3) is 0 Å². The molecule has 2 rings (SSSR count). The van der Waals surface area contributed by atoms with Crippen molar-refractivity contribution in [2.75, 3.05) is 26.8 Å². The van der Waals surface area contributed by atoms with E-state index < -0.39 is 0 Å². The van der Waals surface area contributed by atoms with E-state index in [1.54, 1.807) is 0 Å². The van der Waals surface area contributed by atoms with E-state index in [-0.39, 0.29) is 5.78 Å². The molecular weight excluding hydrogens is 238 g/mol. The minimum absolute atomic E-state index is 0.185. The predicted octanol–water partition coefficient (Wildman–Crippen LogP) is 2.71. The zero-order valence-corrected chi connectivity index (χ0v) is 12.1. The van der Waals surface area contributed by atoms with Gasteiger partial charge >= 0.3 is 0 Å². The lowest BCUT2D eigenvalue weighted by Gasteiger charge is -2.21. The summed E-state index contributed by atoms with van der Waals surface area (Å²) in [5.41, 5.74) is 2.07. The summed E-state index contributed by atoms with van der Waals surface area (Å²) in [4.78, 5) is 14.3. The van der Waals surface area contributed by atoms with Crippen LogP contribution in [0.3, 0.4) is 0 Å². The number of rotatable bonds is 5. The molecule has 1 aromatic carbocycles. The van der Waals surface area contributed by atoms with Crippen molar-refractivity contribution in [2.45, 2.75) is 32.2 Å². The molecular formula is C16H23NO2. The van der Waals surface area contributed by atoms with E-state index in [0.717, 1.165) is 25.2 Å². The smallest absolute Gasteiger partial charge is 0.176 e. The Kier molecular flexibility index (Phi) is 4.72. The van der Waals surface area contributed by atoms with Crippen LogP contribution >= 0.6 is 0 Å². The van der Waals surface area contributed by atoms with Crippen LogP contribution in [-0.2, 0) is 4.74 Å². The lowest BCUT2D eigenvalue weighted by atomic mass is 10.0. The van der Waals surface area contributed by atoms with Crippen molar-refractivity contribution in [3.63, 3.8) is 0 Å². The lowest BCUT2D eigenvalue weighted by Crippen LogP contribution is -2.36. The summed E-state index contributed by atoms with van der Waals surface area (Å²) >= 11 is 0. The second-order valence-electron chi connectivity index (χ2n) is 5.63. The number of carbonyl (C=O) groups is 1. The first-order valence-electron chi connectivity index (χ1n) is 6.99. The largest absolute Gasteiger partial charge is 0.380 e. The molecule has 0 spiro atoms. The molecule has 3 nitrogen and oxygen atoms in total. The first-order chi connectivity index (χ1) is 9.08. The lowest BCUT2D eigenvalue weighted by molar-refractivity contribution is 0.0907. The Balaban J connectivity index is 1.95. The standard InChI is InChI=1S/C16H23NO2/c1-12(2)13-4-6-14(7-5-13)16(18)10-17(3)15-8-9-19-11-15/h4-7,12,15H,8-11H2,1-3H3. The molecule has 1 heterocycles. The summed E-state index contributed by atoms with van der Waals surface area (Å²) in [7, 11) is 2.00. The molecule has 0 radical (unpaired) electrons. The third kappa shape index (κ3) is 3.64. The Hall–Kier alpha value is -1.19. The van der Waals surface area contributed by atoms with E-state index in [4.69, 9.17) is 4.74 Å². The number of nitrogens with zero attached hydrogens (tertiary/aromatic N) is 1. The zero-order valence-electron chi connectivity index (χ0n) is 12.1. The highest BCUT2D eigenvalue weighted by atomic mass is 16.5. The maximum absolute atomic E-state index is 12.2. The maximum Gasteiger partial charge on any atom is 0.176 e. The van der Waals surface area contributed by atoms with Crippen LogP contribution in [-0.4, -0.2) is 43.5 Å². The Morgan fingerprint density at radius 2 is 2.05 bits per heavy atom. The molecule has 1 aliphatic rings. The average Bonchev–Trinajstić information content (AvgIpc) is 2.92. The van der Waals surface area contributed by atoms with Gasteiger partial charge in [0.15, 0.2) is 5.78 Å². The van der Waals surface area contributed by atoms with Crippen LogP contribution < -0.4 is 0 Å². The first kappa shape index (κ1) is 14.2. The Morgan fingerprint density at radius 1 is 1.37 bits per heavy atom. The van der Waals surface area contributed by atoms with Crippen molar-refractivity contribution in [3.8, 4) is 0 Å². The molecule has 1 atom stereocenters. The number of likely N-dealkylation sites (N-methyl/N-ethyl adjacent to an activating group) is 1. The molecule has 0 aliphatic carbocycles. The monoisotopic (exact) mass is 261 g/mol. The molecule has 1 aliphatic heterocycles. The summed E-state index contributed by atoms with van der Waals surface area (Å²) in [6.45, 7) is 6.34.